The van der Waals surface area contributed by atoms with Crippen molar-refractivity contribution in [2.75, 3.05) is 20.4 Å². The number of ether oxygens (including phenoxy) is 2. The van der Waals surface area contributed by atoms with Crippen molar-refractivity contribution in [1.82, 2.24) is 4.90 Å². The van der Waals surface area contributed by atoms with E-state index < -0.39 is 0 Å². The van der Waals surface area contributed by atoms with E-state index in [9.17, 15) is 5.11 Å². The molecule has 94 valence electrons. The number of aromatic hydroxyl groups is 1. The monoisotopic (exact) mass is 237 g/mol. The average Bonchev–Trinajstić information content (AvgIpc) is 2.74. The second kappa shape index (κ2) is 5.27. The molecule has 0 unspecified atom stereocenters. The predicted octanol–water partition coefficient (Wildman–Crippen LogP) is 2.35. The molecule has 4 heteroatoms. The van der Waals surface area contributed by atoms with Crippen LogP contribution in [0.1, 0.15) is 25.3 Å². The molecule has 1 N–H and O–H groups in total. The van der Waals surface area contributed by atoms with Gasteiger partial charge in [0, 0.05) is 18.2 Å². The third-order valence-corrected chi connectivity index (χ3v) is 2.91. The minimum absolute atomic E-state index is 0.240. The van der Waals surface area contributed by atoms with Crippen LogP contribution in [-0.2, 0) is 6.54 Å². The number of benzene rings is 1. The third kappa shape index (κ3) is 2.82. The molecule has 1 aromatic carbocycles. The SMILES string of the molecule is CCCCN(C)Cc1cc2c(cc1O)OCO2. The molecule has 0 bridgehead atoms. The van der Waals surface area contributed by atoms with E-state index >= 15 is 0 Å². The predicted molar refractivity (Wildman–Crippen MR) is 65.5 cm³/mol. The maximum atomic E-state index is 9.89. The highest BCUT2D eigenvalue weighted by Gasteiger charge is 2.17. The Kier molecular flexibility index (Phi) is 3.74. The van der Waals surface area contributed by atoms with Gasteiger partial charge in [0.05, 0.1) is 0 Å². The Hall–Kier alpha value is -1.42. The molecule has 1 aromatic rings. The zero-order valence-electron chi connectivity index (χ0n) is 10.4. The summed E-state index contributed by atoms with van der Waals surface area (Å²) in [6, 6.07) is 3.49. The average molecular weight is 237 g/mol. The number of hydrogen-bond acceptors (Lipinski definition) is 4. The van der Waals surface area contributed by atoms with Crippen molar-refractivity contribution in [2.24, 2.45) is 0 Å². The first-order valence-corrected chi connectivity index (χ1v) is 6.00. The Labute approximate surface area is 102 Å². The Balaban J connectivity index is 2.05. The molecule has 0 aromatic heterocycles. The highest BCUT2D eigenvalue weighted by Crippen LogP contribution is 2.37. The van der Waals surface area contributed by atoms with Crippen LogP contribution in [0.3, 0.4) is 0 Å². The Morgan fingerprint density at radius 1 is 1.29 bits per heavy atom. The van der Waals surface area contributed by atoms with Crippen LogP contribution in [0.25, 0.3) is 0 Å². The zero-order valence-corrected chi connectivity index (χ0v) is 10.4. The van der Waals surface area contributed by atoms with Gasteiger partial charge in [-0.3, -0.25) is 0 Å². The number of phenols is 1. The van der Waals surface area contributed by atoms with Crippen LogP contribution in [0.5, 0.6) is 17.2 Å². The largest absolute Gasteiger partial charge is 0.507 e. The number of hydrogen-bond donors (Lipinski definition) is 1. The Morgan fingerprint density at radius 2 is 2.00 bits per heavy atom. The normalized spacial score (nSPS) is 13.4. The van der Waals surface area contributed by atoms with Gasteiger partial charge in [-0.2, -0.15) is 0 Å². The summed E-state index contributed by atoms with van der Waals surface area (Å²) in [7, 11) is 2.06. The van der Waals surface area contributed by atoms with Crippen LogP contribution < -0.4 is 9.47 Å². The van der Waals surface area contributed by atoms with E-state index in [4.69, 9.17) is 9.47 Å². The summed E-state index contributed by atoms with van der Waals surface area (Å²) in [5.41, 5.74) is 0.882. The molecule has 1 heterocycles. The highest BCUT2D eigenvalue weighted by molar-refractivity contribution is 5.51. The van der Waals surface area contributed by atoms with Crippen molar-refractivity contribution in [3.05, 3.63) is 17.7 Å². The maximum Gasteiger partial charge on any atom is 0.231 e. The Morgan fingerprint density at radius 3 is 2.71 bits per heavy atom. The number of rotatable bonds is 5. The van der Waals surface area contributed by atoms with Crippen molar-refractivity contribution in [2.45, 2.75) is 26.3 Å². The number of fused-ring (bicyclic) bond motifs is 1. The van der Waals surface area contributed by atoms with Gasteiger partial charge in [0.15, 0.2) is 11.5 Å². The van der Waals surface area contributed by atoms with Gasteiger partial charge < -0.3 is 19.5 Å². The quantitative estimate of drug-likeness (QED) is 0.853. The van der Waals surface area contributed by atoms with E-state index in [1.165, 1.54) is 12.8 Å². The van der Waals surface area contributed by atoms with Crippen LogP contribution >= 0.6 is 0 Å². The Bertz CT molecular complexity index is 392. The van der Waals surface area contributed by atoms with Crippen LogP contribution in [-0.4, -0.2) is 30.4 Å². The lowest BCUT2D eigenvalue weighted by Crippen LogP contribution is -2.18. The fraction of sp³-hybridized carbons (Fsp3) is 0.538. The molecule has 0 aliphatic carbocycles. The van der Waals surface area contributed by atoms with Gasteiger partial charge in [-0.15, -0.1) is 0 Å². The number of unbranched alkanes of at least 4 members (excludes halogenated alkanes) is 1. The number of phenolic OH excluding ortho intramolecular Hbond substituents is 1. The molecule has 0 atom stereocenters. The van der Waals surface area contributed by atoms with Crippen molar-refractivity contribution >= 4 is 0 Å². The lowest BCUT2D eigenvalue weighted by atomic mass is 10.1. The van der Waals surface area contributed by atoms with Gasteiger partial charge in [0.25, 0.3) is 0 Å². The maximum absolute atomic E-state index is 9.89. The molecule has 0 amide bonds. The van der Waals surface area contributed by atoms with Crippen molar-refractivity contribution < 1.29 is 14.6 Å². The fourth-order valence-electron chi connectivity index (χ4n) is 1.90. The summed E-state index contributed by atoms with van der Waals surface area (Å²) in [6.07, 6.45) is 2.35. The molecule has 4 nitrogen and oxygen atoms in total. The minimum atomic E-state index is 0.240. The van der Waals surface area contributed by atoms with E-state index in [-0.39, 0.29) is 12.5 Å². The van der Waals surface area contributed by atoms with Crippen LogP contribution in [0.4, 0.5) is 0 Å². The van der Waals surface area contributed by atoms with Gasteiger partial charge in [0.1, 0.15) is 5.75 Å². The lowest BCUT2D eigenvalue weighted by molar-refractivity contribution is 0.174. The zero-order chi connectivity index (χ0) is 12.3. The van der Waals surface area contributed by atoms with E-state index in [0.29, 0.717) is 5.75 Å². The molecule has 1 aliphatic heterocycles. The molecule has 0 spiro atoms. The van der Waals surface area contributed by atoms with E-state index in [2.05, 4.69) is 18.9 Å². The highest BCUT2D eigenvalue weighted by atomic mass is 16.7. The lowest BCUT2D eigenvalue weighted by Gasteiger charge is -2.17. The van der Waals surface area contributed by atoms with Gasteiger partial charge in [-0.25, -0.2) is 0 Å². The van der Waals surface area contributed by atoms with Gasteiger partial charge >= 0.3 is 0 Å². The van der Waals surface area contributed by atoms with Gasteiger partial charge in [0.2, 0.25) is 6.79 Å². The summed E-state index contributed by atoms with van der Waals surface area (Å²) in [5, 5.41) is 9.89. The molecular formula is C13H19NO3. The molecule has 0 saturated carbocycles. The van der Waals surface area contributed by atoms with Crippen LogP contribution in [0.15, 0.2) is 12.1 Å². The van der Waals surface area contributed by atoms with Crippen molar-refractivity contribution in [3.63, 3.8) is 0 Å². The van der Waals surface area contributed by atoms with Gasteiger partial charge in [-0.1, -0.05) is 13.3 Å². The second-order valence-corrected chi connectivity index (χ2v) is 4.43. The summed E-state index contributed by atoms with van der Waals surface area (Å²) in [6.45, 7) is 4.17. The summed E-state index contributed by atoms with van der Waals surface area (Å²) < 4.78 is 10.5. The topological polar surface area (TPSA) is 41.9 Å². The molecule has 0 radical (unpaired) electrons. The molecule has 0 fully saturated rings. The minimum Gasteiger partial charge on any atom is -0.507 e. The third-order valence-electron chi connectivity index (χ3n) is 2.91. The molecule has 2 rings (SSSR count). The standard InChI is InChI=1S/C13H19NO3/c1-3-4-5-14(2)8-10-6-12-13(7-11(10)15)17-9-16-12/h6-7,15H,3-5,8-9H2,1-2H3. The van der Waals surface area contributed by atoms with E-state index in [1.807, 2.05) is 6.07 Å². The summed E-state index contributed by atoms with van der Waals surface area (Å²) in [5.74, 6) is 1.63. The number of nitrogens with zero attached hydrogens (tertiary/aromatic N) is 1. The second-order valence-electron chi connectivity index (χ2n) is 4.43. The molecular weight excluding hydrogens is 218 g/mol. The van der Waals surface area contributed by atoms with Crippen molar-refractivity contribution in [3.8, 4) is 17.2 Å². The fourth-order valence-corrected chi connectivity index (χ4v) is 1.90. The molecule has 1 aliphatic rings. The van der Waals surface area contributed by atoms with E-state index in [0.717, 1.165) is 24.4 Å². The molecule has 0 saturated heterocycles. The smallest absolute Gasteiger partial charge is 0.231 e. The van der Waals surface area contributed by atoms with E-state index in [1.54, 1.807) is 6.07 Å². The van der Waals surface area contributed by atoms with Crippen LogP contribution in [0, 0.1) is 0 Å². The first-order valence-electron chi connectivity index (χ1n) is 6.00. The van der Waals surface area contributed by atoms with Gasteiger partial charge in [-0.05, 0) is 26.1 Å². The first kappa shape index (κ1) is 12.0. The first-order chi connectivity index (χ1) is 8.20. The van der Waals surface area contributed by atoms with Crippen LogP contribution in [0.2, 0.25) is 0 Å². The summed E-state index contributed by atoms with van der Waals surface area (Å²) >= 11 is 0. The van der Waals surface area contributed by atoms with Crippen molar-refractivity contribution in [1.29, 1.82) is 0 Å². The summed E-state index contributed by atoms with van der Waals surface area (Å²) in [4.78, 5) is 2.20. The molecule has 17 heavy (non-hydrogen) atoms.